The van der Waals surface area contributed by atoms with Crippen molar-refractivity contribution in [1.29, 1.82) is 0 Å². The van der Waals surface area contributed by atoms with Crippen molar-refractivity contribution in [3.8, 4) is 0 Å². The third kappa shape index (κ3) is 15.3. The molecular weight excluding hydrogens is 937 g/mol. The van der Waals surface area contributed by atoms with Gasteiger partial charge in [-0.05, 0) is 213 Å². The first-order chi connectivity index (χ1) is 30.0. The first kappa shape index (κ1) is 51.5. The Morgan fingerprint density at radius 2 is 0.281 bits per heavy atom. The molecule has 16 fully saturated rings. The first-order valence-electron chi connectivity index (χ1n) is 25.2. The van der Waals surface area contributed by atoms with E-state index in [-0.39, 0.29) is 117 Å². The summed E-state index contributed by atoms with van der Waals surface area (Å²) in [7, 11) is -20.1. The van der Waals surface area contributed by atoms with E-state index in [1.807, 2.05) is 0 Å². The second-order valence-electron chi connectivity index (χ2n) is 22.8. The number of hydrogen-bond donors (Lipinski definition) is 0. The second kappa shape index (κ2) is 21.4. The van der Waals surface area contributed by atoms with Crippen LogP contribution in [0.25, 0.3) is 0 Å². The summed E-state index contributed by atoms with van der Waals surface area (Å²) < 4.78 is 161. The summed E-state index contributed by atoms with van der Waals surface area (Å²) in [6, 6.07) is 0. The summed E-state index contributed by atoms with van der Waals surface area (Å²) in [5, 5.41) is -0.977. The molecule has 0 N–H and O–H groups in total. The van der Waals surface area contributed by atoms with Crippen molar-refractivity contribution in [2.45, 2.75) is 165 Å². The van der Waals surface area contributed by atoms with Crippen molar-refractivity contribution in [1.82, 2.24) is 0 Å². The van der Waals surface area contributed by atoms with E-state index in [0.717, 1.165) is 0 Å². The molecule has 12 bridgehead atoms. The van der Waals surface area contributed by atoms with Gasteiger partial charge < -0.3 is 0 Å². The van der Waals surface area contributed by atoms with E-state index in [1.54, 1.807) is 0 Å². The van der Waals surface area contributed by atoms with Crippen molar-refractivity contribution < 1.29 is 50.5 Å². The van der Waals surface area contributed by atoms with Crippen molar-refractivity contribution >= 4 is 59.0 Å². The fourth-order valence-electron chi connectivity index (χ4n) is 13.7. The summed E-state index contributed by atoms with van der Waals surface area (Å²) >= 11 is 0. The molecule has 16 rings (SSSR count). The van der Waals surface area contributed by atoms with Crippen LogP contribution in [0.1, 0.15) is 154 Å². The van der Waals surface area contributed by atoms with Crippen molar-refractivity contribution in [2.24, 2.45) is 59.2 Å². The second-order valence-corrected chi connectivity index (χ2v) is 36.1. The van der Waals surface area contributed by atoms with E-state index in [2.05, 4.69) is 0 Å². The highest BCUT2D eigenvalue weighted by atomic mass is 32.2. The summed E-state index contributed by atoms with van der Waals surface area (Å²) in [5.41, 5.74) is 0. The zero-order valence-electron chi connectivity index (χ0n) is 38.3. The molecule has 0 spiro atoms. The van der Waals surface area contributed by atoms with Gasteiger partial charge in [-0.3, -0.25) is 0 Å². The molecule has 12 nitrogen and oxygen atoms in total. The standard InChI is InChI=1S/C46H80O12S6/c47-59(48)25-35-1-5-37(6-2-35)27-60(49,50)29-39-9-13-41(14-10-39)31-62(53,54)33-43-17-21-45(22-18-43)64(57,58)46-23-19-44(20-24-46)34-63(55,56)32-42-15-11-40(12-16-42)30-61(51,52)28-38-7-3-36(26-59)4-8-38/h35-46H,1-34H2. The average molecular weight is 1020 g/mol. The smallest absolute Gasteiger partial charge is 0.156 e. The SMILES string of the molecule is O=S1(=O)CC2CCC(CC2)CS(=O)(=O)CC2CCC(CC2)CS(=O)(=O)CC2CCC(CC2)S(=O)(=O)C2CCC(CC2)CS(=O)(=O)CC2CCC(CC2)CS(=O)(=O)CC2CCC(CC2)C1. The monoisotopic (exact) mass is 1020 g/mol. The molecule has 18 heteroatoms. The summed E-state index contributed by atoms with van der Waals surface area (Å²) in [6.45, 7) is 0. The number of hydrogen-bond acceptors (Lipinski definition) is 12. The van der Waals surface area contributed by atoms with Crippen molar-refractivity contribution in [3.63, 3.8) is 0 Å². The van der Waals surface area contributed by atoms with Gasteiger partial charge in [-0.1, -0.05) is 0 Å². The maximum Gasteiger partial charge on any atom is 0.156 e. The van der Waals surface area contributed by atoms with Crippen molar-refractivity contribution in [3.05, 3.63) is 0 Å². The summed E-state index contributed by atoms with van der Waals surface area (Å²) in [5.74, 6) is 1.03. The molecule has 0 radical (unpaired) electrons. The lowest BCUT2D eigenvalue weighted by Crippen LogP contribution is -2.39. The van der Waals surface area contributed by atoms with Gasteiger partial charge in [-0.15, -0.1) is 0 Å². The highest BCUT2D eigenvalue weighted by Gasteiger charge is 2.41. The molecule has 6 saturated carbocycles. The van der Waals surface area contributed by atoms with Crippen LogP contribution in [0.4, 0.5) is 0 Å². The maximum atomic E-state index is 13.8. The number of sulfone groups is 6. The molecule has 0 amide bonds. The van der Waals surface area contributed by atoms with Crippen LogP contribution >= 0.6 is 0 Å². The van der Waals surface area contributed by atoms with Crippen LogP contribution in [-0.2, 0) is 59.0 Å². The molecule has 10 saturated heterocycles. The van der Waals surface area contributed by atoms with Gasteiger partial charge in [0.1, 0.15) is 0 Å². The lowest BCUT2D eigenvalue weighted by molar-refractivity contribution is 0.297. The quantitative estimate of drug-likeness (QED) is 0.245. The van der Waals surface area contributed by atoms with E-state index in [4.69, 9.17) is 0 Å². The van der Waals surface area contributed by atoms with Crippen LogP contribution in [0.3, 0.4) is 0 Å². The average Bonchev–Trinajstić information content (AvgIpc) is 3.20. The van der Waals surface area contributed by atoms with Crippen LogP contribution in [0.15, 0.2) is 0 Å². The predicted molar refractivity (Wildman–Crippen MR) is 255 cm³/mol. The van der Waals surface area contributed by atoms with Gasteiger partial charge in [0.25, 0.3) is 0 Å². The molecule has 372 valence electrons. The lowest BCUT2D eigenvalue weighted by atomic mass is 9.84. The maximum absolute atomic E-state index is 13.8. The third-order valence-corrected chi connectivity index (χ3v) is 29.9. The molecular formula is C46H80O12S6. The topological polar surface area (TPSA) is 205 Å². The van der Waals surface area contributed by atoms with Gasteiger partial charge in [-0.2, -0.15) is 0 Å². The first-order valence-corrected chi connectivity index (χ1v) is 36.0. The Kier molecular flexibility index (Phi) is 17.2. The largest absolute Gasteiger partial charge is 0.229 e. The van der Waals surface area contributed by atoms with E-state index in [9.17, 15) is 50.5 Å². The molecule has 64 heavy (non-hydrogen) atoms. The minimum absolute atomic E-state index is 0.00110. The minimum Gasteiger partial charge on any atom is -0.229 e. The van der Waals surface area contributed by atoms with Gasteiger partial charge >= 0.3 is 0 Å². The summed E-state index contributed by atoms with van der Waals surface area (Å²) in [4.78, 5) is 0. The molecule has 10 heterocycles. The highest BCUT2D eigenvalue weighted by molar-refractivity contribution is 7.93. The fourth-order valence-corrected chi connectivity index (χ4v) is 27.3. The Morgan fingerprint density at radius 1 is 0.172 bits per heavy atom. The molecule has 0 aromatic rings. The van der Waals surface area contributed by atoms with Gasteiger partial charge in [0.15, 0.2) is 59.0 Å². The van der Waals surface area contributed by atoms with Gasteiger partial charge in [0.2, 0.25) is 0 Å². The van der Waals surface area contributed by atoms with Crippen LogP contribution in [-0.4, -0.2) is 119 Å². The molecule has 16 aliphatic rings. The van der Waals surface area contributed by atoms with E-state index < -0.39 is 69.5 Å². The zero-order chi connectivity index (χ0) is 46.0. The van der Waals surface area contributed by atoms with Crippen LogP contribution in [0.5, 0.6) is 0 Å². The van der Waals surface area contributed by atoms with Gasteiger partial charge in [-0.25, -0.2) is 50.5 Å². The Morgan fingerprint density at radius 3 is 0.406 bits per heavy atom. The minimum atomic E-state index is -3.43. The number of rotatable bonds is 0. The molecule has 6 aliphatic carbocycles. The van der Waals surface area contributed by atoms with E-state index in [1.165, 1.54) is 0 Å². The fraction of sp³-hybridized carbons (Fsp3) is 1.00. The Labute approximate surface area is 388 Å². The molecule has 0 aromatic heterocycles. The third-order valence-electron chi connectivity index (χ3n) is 17.3. The van der Waals surface area contributed by atoms with Crippen LogP contribution < -0.4 is 0 Å². The van der Waals surface area contributed by atoms with E-state index >= 15 is 0 Å². The van der Waals surface area contributed by atoms with Crippen molar-refractivity contribution in [2.75, 3.05) is 57.5 Å². The van der Waals surface area contributed by atoms with Gasteiger partial charge in [0.05, 0.1) is 68.0 Å². The lowest BCUT2D eigenvalue weighted by Gasteiger charge is -2.34. The summed E-state index contributed by atoms with van der Waals surface area (Å²) in [6.07, 6.45) is 15.1. The Balaban J connectivity index is 0.943. The Bertz CT molecular complexity index is 2060. The zero-order valence-corrected chi connectivity index (χ0v) is 43.2. The molecule has 0 atom stereocenters. The van der Waals surface area contributed by atoms with E-state index in [0.29, 0.717) is 154 Å². The normalized spacial score (nSPS) is 42.4. The molecule has 10 aliphatic heterocycles. The Hall–Kier alpha value is -0.300. The molecule has 0 aromatic carbocycles. The van der Waals surface area contributed by atoms with Crippen LogP contribution in [0.2, 0.25) is 0 Å². The predicted octanol–water partition coefficient (Wildman–Crippen LogP) is 6.83. The van der Waals surface area contributed by atoms with Crippen LogP contribution in [0, 0.1) is 59.2 Å². The van der Waals surface area contributed by atoms with Gasteiger partial charge in [0, 0.05) is 0 Å². The highest BCUT2D eigenvalue weighted by Crippen LogP contribution is 2.40. The molecule has 0 unspecified atom stereocenters.